The SMILES string of the molecule is C=CC[N+](CC)(CC)CCOC(=O)C=CC(=O)OCCCCCCCCCCCCCCCC.[Br-]. The summed E-state index contributed by atoms with van der Waals surface area (Å²) in [5.74, 6) is -0.983. The Labute approximate surface area is 227 Å². The van der Waals surface area contributed by atoms with E-state index in [9.17, 15) is 9.59 Å². The van der Waals surface area contributed by atoms with Gasteiger partial charge in [-0.2, -0.15) is 0 Å². The number of carbonyl (C=O) groups excluding carboxylic acids is 2. The third kappa shape index (κ3) is 21.8. The summed E-state index contributed by atoms with van der Waals surface area (Å²) in [5.41, 5.74) is 0. The van der Waals surface area contributed by atoms with Gasteiger partial charge in [-0.1, -0.05) is 97.0 Å². The quantitative estimate of drug-likeness (QED) is 0.0585. The zero-order chi connectivity index (χ0) is 25.3. The molecule has 206 valence electrons. The fourth-order valence-electron chi connectivity index (χ4n) is 4.20. The molecule has 0 aromatic carbocycles. The maximum Gasteiger partial charge on any atom is 0.331 e. The van der Waals surface area contributed by atoms with Gasteiger partial charge >= 0.3 is 11.9 Å². The fraction of sp³-hybridized carbons (Fsp3) is 0.793. The molecule has 0 amide bonds. The van der Waals surface area contributed by atoms with Gasteiger partial charge in [0.25, 0.3) is 0 Å². The molecule has 0 rings (SSSR count). The number of ether oxygens (including phenoxy) is 2. The summed E-state index contributed by atoms with van der Waals surface area (Å²) >= 11 is 0. The van der Waals surface area contributed by atoms with Crippen LogP contribution in [-0.4, -0.2) is 55.8 Å². The first kappa shape index (κ1) is 36.0. The summed E-state index contributed by atoms with van der Waals surface area (Å²) in [4.78, 5) is 23.6. The van der Waals surface area contributed by atoms with Crippen LogP contribution in [0.5, 0.6) is 0 Å². The molecule has 35 heavy (non-hydrogen) atoms. The number of esters is 2. The number of halogens is 1. The lowest BCUT2D eigenvalue weighted by Gasteiger charge is -2.35. The van der Waals surface area contributed by atoms with E-state index in [0.717, 1.165) is 55.7 Å². The van der Waals surface area contributed by atoms with Gasteiger partial charge in [0.15, 0.2) is 0 Å². The van der Waals surface area contributed by atoms with Crippen LogP contribution < -0.4 is 17.0 Å². The van der Waals surface area contributed by atoms with E-state index in [1.807, 2.05) is 6.08 Å². The summed E-state index contributed by atoms with van der Waals surface area (Å²) < 4.78 is 11.3. The smallest absolute Gasteiger partial charge is 0.331 e. The van der Waals surface area contributed by atoms with E-state index >= 15 is 0 Å². The number of rotatable bonds is 24. The predicted octanol–water partition coefficient (Wildman–Crippen LogP) is 4.16. The van der Waals surface area contributed by atoms with Crippen LogP contribution in [-0.2, 0) is 19.1 Å². The van der Waals surface area contributed by atoms with E-state index in [1.165, 1.54) is 77.0 Å². The van der Waals surface area contributed by atoms with Crippen molar-refractivity contribution in [3.63, 3.8) is 0 Å². The zero-order valence-electron chi connectivity index (χ0n) is 23.0. The molecule has 0 heterocycles. The molecule has 0 saturated carbocycles. The first-order chi connectivity index (χ1) is 16.5. The topological polar surface area (TPSA) is 52.6 Å². The van der Waals surface area contributed by atoms with E-state index in [4.69, 9.17) is 9.47 Å². The maximum absolute atomic E-state index is 11.8. The summed E-state index contributed by atoms with van der Waals surface area (Å²) in [7, 11) is 0. The van der Waals surface area contributed by atoms with Gasteiger partial charge in [-0.15, -0.1) is 0 Å². The Hall–Kier alpha value is -1.14. The van der Waals surface area contributed by atoms with Crippen LogP contribution in [0.2, 0.25) is 0 Å². The van der Waals surface area contributed by atoms with Crippen LogP contribution in [0.25, 0.3) is 0 Å². The molecule has 0 N–H and O–H groups in total. The molecule has 0 unspecified atom stereocenters. The predicted molar refractivity (Wildman–Crippen MR) is 143 cm³/mol. The van der Waals surface area contributed by atoms with E-state index in [0.29, 0.717) is 13.2 Å². The Morgan fingerprint density at radius 1 is 0.657 bits per heavy atom. The molecule has 0 bridgehead atoms. The second-order valence-electron chi connectivity index (χ2n) is 9.43. The first-order valence-corrected chi connectivity index (χ1v) is 14.0. The van der Waals surface area contributed by atoms with Gasteiger partial charge in [-0.05, 0) is 26.3 Å². The van der Waals surface area contributed by atoms with Crippen molar-refractivity contribution >= 4 is 11.9 Å². The molecule has 0 aliphatic heterocycles. The van der Waals surface area contributed by atoms with Crippen LogP contribution >= 0.6 is 0 Å². The Balaban J connectivity index is 0. The molecule has 0 aromatic heterocycles. The highest BCUT2D eigenvalue weighted by molar-refractivity contribution is 5.91. The average Bonchev–Trinajstić information content (AvgIpc) is 2.84. The second kappa shape index (κ2) is 25.9. The lowest BCUT2D eigenvalue weighted by Crippen LogP contribution is -3.00. The minimum absolute atomic E-state index is 0. The van der Waals surface area contributed by atoms with Crippen molar-refractivity contribution in [3.8, 4) is 0 Å². The lowest BCUT2D eigenvalue weighted by atomic mass is 10.0. The highest BCUT2D eigenvalue weighted by Gasteiger charge is 2.21. The Kier molecular flexibility index (Phi) is 26.7. The molecular formula is C29H54BrNO4. The third-order valence-electron chi connectivity index (χ3n) is 6.77. The van der Waals surface area contributed by atoms with Gasteiger partial charge in [0.1, 0.15) is 13.2 Å². The number of likely N-dealkylation sites (N-methyl/N-ethyl adjacent to an activating group) is 1. The van der Waals surface area contributed by atoms with Crippen molar-refractivity contribution in [2.24, 2.45) is 0 Å². The van der Waals surface area contributed by atoms with E-state index < -0.39 is 11.9 Å². The minimum atomic E-state index is -0.502. The minimum Gasteiger partial charge on any atom is -1.00 e. The molecular weight excluding hydrogens is 506 g/mol. The average molecular weight is 561 g/mol. The molecule has 0 atom stereocenters. The van der Waals surface area contributed by atoms with Crippen LogP contribution in [0.15, 0.2) is 24.8 Å². The second-order valence-corrected chi connectivity index (χ2v) is 9.43. The number of carbonyl (C=O) groups is 2. The zero-order valence-corrected chi connectivity index (χ0v) is 24.6. The van der Waals surface area contributed by atoms with Gasteiger partial charge in [0, 0.05) is 12.2 Å². The monoisotopic (exact) mass is 559 g/mol. The van der Waals surface area contributed by atoms with Crippen molar-refractivity contribution in [1.82, 2.24) is 0 Å². The van der Waals surface area contributed by atoms with Crippen molar-refractivity contribution in [3.05, 3.63) is 24.8 Å². The highest BCUT2D eigenvalue weighted by Crippen LogP contribution is 2.13. The van der Waals surface area contributed by atoms with E-state index in [-0.39, 0.29) is 17.0 Å². The lowest BCUT2D eigenvalue weighted by molar-refractivity contribution is -0.919. The number of hydrogen-bond acceptors (Lipinski definition) is 4. The normalized spacial score (nSPS) is 11.3. The molecule has 0 saturated heterocycles. The van der Waals surface area contributed by atoms with Gasteiger partial charge < -0.3 is 30.9 Å². The molecule has 0 aliphatic rings. The van der Waals surface area contributed by atoms with Crippen molar-refractivity contribution < 1.29 is 40.5 Å². The van der Waals surface area contributed by atoms with Crippen molar-refractivity contribution in [2.75, 3.05) is 39.4 Å². The Bertz CT molecular complexity index is 547. The molecule has 0 spiro atoms. The van der Waals surface area contributed by atoms with E-state index in [1.54, 1.807) is 0 Å². The summed E-state index contributed by atoms with van der Waals surface area (Å²) in [5, 5.41) is 0. The molecule has 0 aliphatic carbocycles. The Morgan fingerprint density at radius 2 is 1.06 bits per heavy atom. The number of unbranched alkanes of at least 4 members (excludes halogenated alkanes) is 13. The van der Waals surface area contributed by atoms with Crippen LogP contribution in [0, 0.1) is 0 Å². The van der Waals surface area contributed by atoms with Crippen LogP contribution in [0.3, 0.4) is 0 Å². The van der Waals surface area contributed by atoms with Crippen molar-refractivity contribution in [2.45, 2.75) is 111 Å². The Morgan fingerprint density at radius 3 is 1.46 bits per heavy atom. The highest BCUT2D eigenvalue weighted by atomic mass is 79.9. The van der Waals surface area contributed by atoms with E-state index in [2.05, 4.69) is 27.4 Å². The van der Waals surface area contributed by atoms with Crippen molar-refractivity contribution in [1.29, 1.82) is 0 Å². The van der Waals surface area contributed by atoms with Gasteiger partial charge in [-0.3, -0.25) is 0 Å². The molecule has 0 fully saturated rings. The van der Waals surface area contributed by atoms with Gasteiger partial charge in [-0.25, -0.2) is 9.59 Å². The molecule has 0 radical (unpaired) electrons. The molecule has 6 heteroatoms. The van der Waals surface area contributed by atoms with Gasteiger partial charge in [0.05, 0.1) is 26.2 Å². The largest absolute Gasteiger partial charge is 1.00 e. The molecule has 0 aromatic rings. The number of nitrogens with zero attached hydrogens (tertiary/aromatic N) is 1. The number of quaternary nitrogens is 1. The number of hydrogen-bond donors (Lipinski definition) is 0. The van der Waals surface area contributed by atoms with Gasteiger partial charge in [0.2, 0.25) is 0 Å². The summed E-state index contributed by atoms with van der Waals surface area (Å²) in [6.07, 6.45) is 22.4. The fourth-order valence-corrected chi connectivity index (χ4v) is 4.20. The van der Waals surface area contributed by atoms with Crippen LogP contribution in [0.4, 0.5) is 0 Å². The first-order valence-electron chi connectivity index (χ1n) is 14.0. The summed E-state index contributed by atoms with van der Waals surface area (Å²) in [6.45, 7) is 14.6. The standard InChI is InChI=1S/C29H54NO4.BrH/c1-5-9-10-11-12-13-14-15-16-17-18-19-20-21-26-33-28(31)22-23-29(32)34-27-25-30(7-3,8-4)24-6-2;/h6,22-23H,2,5,7-21,24-27H2,1,3-4H3;1H/q+1;/p-1. The van der Waals surface area contributed by atoms with Crippen LogP contribution in [0.1, 0.15) is 111 Å². The third-order valence-corrected chi connectivity index (χ3v) is 6.77. The molecule has 5 nitrogen and oxygen atoms in total. The maximum atomic E-state index is 11.8. The summed E-state index contributed by atoms with van der Waals surface area (Å²) in [6, 6.07) is 0.